The summed E-state index contributed by atoms with van der Waals surface area (Å²) in [5, 5.41) is 8.78. The van der Waals surface area contributed by atoms with E-state index in [0.717, 1.165) is 30.0 Å². The molecule has 192 valence electrons. The number of nitrogens with zero attached hydrogens (tertiary/aromatic N) is 2. The van der Waals surface area contributed by atoms with Crippen molar-refractivity contribution < 1.29 is 19.1 Å². The van der Waals surface area contributed by atoms with Crippen molar-refractivity contribution in [2.24, 2.45) is 0 Å². The number of amides is 3. The molecule has 1 aliphatic carbocycles. The fraction of sp³-hybridized carbons (Fsp3) is 0.519. The third-order valence-electron chi connectivity index (χ3n) is 7.05. The number of carbonyl (C=O) groups is 2. The molecule has 3 aliphatic rings. The molecule has 3 amide bonds. The molecule has 0 radical (unpaired) electrons. The number of benzene rings is 1. The van der Waals surface area contributed by atoms with Crippen LogP contribution in [0.1, 0.15) is 66.4 Å². The number of likely N-dealkylation sites (tertiary alicyclic amines) is 1. The fourth-order valence-electron chi connectivity index (χ4n) is 4.94. The molecule has 1 unspecified atom stereocenters. The van der Waals surface area contributed by atoms with E-state index in [2.05, 4.69) is 21.7 Å². The zero-order valence-electron chi connectivity index (χ0n) is 20.5. The van der Waals surface area contributed by atoms with E-state index in [1.807, 2.05) is 34.5 Å². The standard InChI is InChI=1S/C27H34N4O4S/c32-25(29-16-21-17-34-23-8-4-5-9-24(23)35-21)22-18-36-26(30-22)20-11-14-31(15-12-20)27(33)28-13-10-19-6-2-1-3-7-19/h4-6,8-9,18,20-21H,1-3,7,10-17H2,(H,28,33)(H,29,32). The summed E-state index contributed by atoms with van der Waals surface area (Å²) in [6.45, 7) is 2.87. The van der Waals surface area contributed by atoms with Gasteiger partial charge in [0.05, 0.1) is 11.6 Å². The Morgan fingerprint density at radius 1 is 1.11 bits per heavy atom. The van der Waals surface area contributed by atoms with Gasteiger partial charge in [0.25, 0.3) is 5.91 Å². The molecule has 1 atom stereocenters. The van der Waals surface area contributed by atoms with Crippen LogP contribution in [0.4, 0.5) is 4.79 Å². The molecular weight excluding hydrogens is 476 g/mol. The Labute approximate surface area is 216 Å². The highest BCUT2D eigenvalue weighted by Gasteiger charge is 2.27. The molecule has 0 bridgehead atoms. The van der Waals surface area contributed by atoms with E-state index >= 15 is 0 Å². The Kier molecular flexibility index (Phi) is 8.05. The maximum atomic E-state index is 12.7. The van der Waals surface area contributed by atoms with Crippen LogP contribution in [0.15, 0.2) is 41.3 Å². The fourth-order valence-corrected chi connectivity index (χ4v) is 5.91. The molecule has 1 fully saturated rings. The number of para-hydroxylation sites is 2. The van der Waals surface area contributed by atoms with Crippen molar-refractivity contribution >= 4 is 23.3 Å². The molecule has 1 saturated heterocycles. The third kappa shape index (κ3) is 6.19. The lowest BCUT2D eigenvalue weighted by molar-refractivity contribution is 0.0786. The number of hydrogen-bond donors (Lipinski definition) is 2. The highest BCUT2D eigenvalue weighted by molar-refractivity contribution is 7.09. The lowest BCUT2D eigenvalue weighted by Crippen LogP contribution is -2.44. The van der Waals surface area contributed by atoms with Crippen LogP contribution < -0.4 is 20.1 Å². The summed E-state index contributed by atoms with van der Waals surface area (Å²) in [7, 11) is 0. The average Bonchev–Trinajstić information content (AvgIpc) is 3.43. The number of rotatable bonds is 7. The van der Waals surface area contributed by atoms with Crippen LogP contribution in [0.3, 0.4) is 0 Å². The van der Waals surface area contributed by atoms with E-state index < -0.39 is 0 Å². The molecule has 5 rings (SSSR count). The van der Waals surface area contributed by atoms with Crippen molar-refractivity contribution in [1.82, 2.24) is 20.5 Å². The summed E-state index contributed by atoms with van der Waals surface area (Å²) >= 11 is 1.52. The van der Waals surface area contributed by atoms with Crippen molar-refractivity contribution in [3.05, 3.63) is 52.0 Å². The van der Waals surface area contributed by atoms with E-state index in [0.29, 0.717) is 44.2 Å². The number of fused-ring (bicyclic) bond motifs is 1. The van der Waals surface area contributed by atoms with Gasteiger partial charge in [-0.3, -0.25) is 4.79 Å². The molecule has 8 nitrogen and oxygen atoms in total. The van der Waals surface area contributed by atoms with E-state index in [-0.39, 0.29) is 24.0 Å². The van der Waals surface area contributed by atoms with Crippen molar-refractivity contribution in [2.45, 2.75) is 57.0 Å². The van der Waals surface area contributed by atoms with Crippen LogP contribution in [0.2, 0.25) is 0 Å². The summed E-state index contributed by atoms with van der Waals surface area (Å²) in [5.74, 6) is 1.50. The second-order valence-corrected chi connectivity index (χ2v) is 10.5. The molecular formula is C27H34N4O4S. The highest BCUT2D eigenvalue weighted by atomic mass is 32.1. The van der Waals surface area contributed by atoms with Crippen LogP contribution in [0.25, 0.3) is 0 Å². The first-order valence-electron chi connectivity index (χ1n) is 13.0. The number of allylic oxidation sites excluding steroid dienone is 1. The first-order chi connectivity index (χ1) is 17.7. The SMILES string of the molecule is O=C(NCC1COc2ccccc2O1)c1csc(C2CCN(C(=O)NCCC3=CCCCC3)CC2)n1. The zero-order chi connectivity index (χ0) is 24.7. The number of thiazole rings is 1. The van der Waals surface area contributed by atoms with Gasteiger partial charge >= 0.3 is 6.03 Å². The predicted molar refractivity (Wildman–Crippen MR) is 139 cm³/mol. The van der Waals surface area contributed by atoms with Crippen LogP contribution in [-0.2, 0) is 0 Å². The van der Waals surface area contributed by atoms with E-state index in [9.17, 15) is 9.59 Å². The smallest absolute Gasteiger partial charge is 0.317 e. The summed E-state index contributed by atoms with van der Waals surface area (Å²) in [5.41, 5.74) is 1.91. The summed E-state index contributed by atoms with van der Waals surface area (Å²) in [4.78, 5) is 31.7. The molecule has 9 heteroatoms. The topological polar surface area (TPSA) is 92.8 Å². The second kappa shape index (κ2) is 11.8. The number of ether oxygens (including phenoxy) is 2. The van der Waals surface area contributed by atoms with Gasteiger partial charge in [0, 0.05) is 30.9 Å². The second-order valence-electron chi connectivity index (χ2n) is 9.63. The van der Waals surface area contributed by atoms with Crippen molar-refractivity contribution in [2.75, 3.05) is 32.8 Å². The number of hydrogen-bond acceptors (Lipinski definition) is 6. The molecule has 2 N–H and O–H groups in total. The van der Waals surface area contributed by atoms with Crippen LogP contribution in [0.5, 0.6) is 11.5 Å². The van der Waals surface area contributed by atoms with E-state index in [1.165, 1.54) is 42.6 Å². The number of carbonyl (C=O) groups excluding carboxylic acids is 2. The average molecular weight is 511 g/mol. The minimum absolute atomic E-state index is 0.0283. The Hall–Kier alpha value is -3.07. The van der Waals surface area contributed by atoms with Gasteiger partial charge in [-0.15, -0.1) is 11.3 Å². The predicted octanol–water partition coefficient (Wildman–Crippen LogP) is 4.49. The van der Waals surface area contributed by atoms with Gasteiger partial charge < -0.3 is 25.0 Å². The van der Waals surface area contributed by atoms with Crippen LogP contribution >= 0.6 is 11.3 Å². The lowest BCUT2D eigenvalue weighted by Gasteiger charge is -2.31. The van der Waals surface area contributed by atoms with Crippen LogP contribution in [0, 0.1) is 0 Å². The number of urea groups is 1. The molecule has 36 heavy (non-hydrogen) atoms. The zero-order valence-corrected chi connectivity index (χ0v) is 21.4. The van der Waals surface area contributed by atoms with Crippen molar-refractivity contribution in [3.8, 4) is 11.5 Å². The molecule has 2 aliphatic heterocycles. The first-order valence-corrected chi connectivity index (χ1v) is 13.9. The van der Waals surface area contributed by atoms with Gasteiger partial charge in [0.2, 0.25) is 0 Å². The van der Waals surface area contributed by atoms with E-state index in [4.69, 9.17) is 9.47 Å². The molecule has 1 aromatic carbocycles. The van der Waals surface area contributed by atoms with Gasteiger partial charge in [-0.05, 0) is 57.1 Å². The Morgan fingerprint density at radius 2 is 1.94 bits per heavy atom. The monoisotopic (exact) mass is 510 g/mol. The Bertz CT molecular complexity index is 1090. The maximum absolute atomic E-state index is 12.7. The largest absolute Gasteiger partial charge is 0.486 e. The molecule has 3 heterocycles. The van der Waals surface area contributed by atoms with Crippen LogP contribution in [-0.4, -0.2) is 60.7 Å². The minimum atomic E-state index is -0.239. The van der Waals surface area contributed by atoms with Gasteiger partial charge in [0.15, 0.2) is 11.5 Å². The number of nitrogens with one attached hydrogen (secondary N) is 2. The summed E-state index contributed by atoms with van der Waals surface area (Å²) in [6, 6.07) is 7.56. The lowest BCUT2D eigenvalue weighted by atomic mass is 9.97. The Balaban J connectivity index is 1.03. The minimum Gasteiger partial charge on any atom is -0.486 e. The quantitative estimate of drug-likeness (QED) is 0.536. The summed E-state index contributed by atoms with van der Waals surface area (Å²) in [6.07, 6.45) is 9.68. The number of piperidine rings is 1. The molecule has 2 aromatic rings. The third-order valence-corrected chi connectivity index (χ3v) is 8.06. The molecule has 0 saturated carbocycles. The van der Waals surface area contributed by atoms with Gasteiger partial charge in [-0.1, -0.05) is 23.8 Å². The summed E-state index contributed by atoms with van der Waals surface area (Å²) < 4.78 is 11.6. The van der Waals surface area contributed by atoms with E-state index in [1.54, 1.807) is 0 Å². The molecule has 1 aromatic heterocycles. The van der Waals surface area contributed by atoms with Gasteiger partial charge in [0.1, 0.15) is 18.4 Å². The van der Waals surface area contributed by atoms with Gasteiger partial charge in [-0.2, -0.15) is 0 Å². The first kappa shape index (κ1) is 24.6. The Morgan fingerprint density at radius 3 is 2.75 bits per heavy atom. The number of aromatic nitrogens is 1. The normalized spacial score (nSPS) is 19.9. The maximum Gasteiger partial charge on any atom is 0.317 e. The highest BCUT2D eigenvalue weighted by Crippen LogP contribution is 2.32. The van der Waals surface area contributed by atoms with Gasteiger partial charge in [-0.25, -0.2) is 9.78 Å². The molecule has 0 spiro atoms. The van der Waals surface area contributed by atoms with Crippen molar-refractivity contribution in [3.63, 3.8) is 0 Å². The van der Waals surface area contributed by atoms with Crippen molar-refractivity contribution in [1.29, 1.82) is 0 Å².